The summed E-state index contributed by atoms with van der Waals surface area (Å²) in [7, 11) is -3.68. The first-order valence-electron chi connectivity index (χ1n) is 9.17. The summed E-state index contributed by atoms with van der Waals surface area (Å²) in [5, 5.41) is 15.1. The highest BCUT2D eigenvalue weighted by atomic mass is 35.5. The van der Waals surface area contributed by atoms with E-state index in [0.717, 1.165) is 5.56 Å². The second-order valence-electron chi connectivity index (χ2n) is 6.95. The van der Waals surface area contributed by atoms with Crippen molar-refractivity contribution in [2.45, 2.75) is 44.6 Å². The number of hydrogen-bond acceptors (Lipinski definition) is 5. The number of aryl methyl sites for hydroxylation is 1. The van der Waals surface area contributed by atoms with Gasteiger partial charge in [-0.3, -0.25) is 9.59 Å². The van der Waals surface area contributed by atoms with Crippen LogP contribution < -0.4 is 15.4 Å². The Morgan fingerprint density at radius 3 is 2.33 bits per heavy atom. The predicted octanol–water partition coefficient (Wildman–Crippen LogP) is 3.40. The second kappa shape index (κ2) is 9.92. The Morgan fingerprint density at radius 2 is 1.73 bits per heavy atom. The molecule has 1 atom stereocenters. The zero-order valence-corrected chi connectivity index (χ0v) is 18.4. The van der Waals surface area contributed by atoms with Crippen molar-refractivity contribution >= 4 is 44.8 Å². The van der Waals surface area contributed by atoms with Gasteiger partial charge in [-0.15, -0.1) is 0 Å². The summed E-state index contributed by atoms with van der Waals surface area (Å²) in [5.41, 5.74) is 1.26. The maximum absolute atomic E-state index is 12.4. The van der Waals surface area contributed by atoms with E-state index in [9.17, 15) is 23.1 Å². The molecule has 1 unspecified atom stereocenters. The molecule has 2 amide bonds. The van der Waals surface area contributed by atoms with Crippen molar-refractivity contribution in [1.29, 1.82) is 0 Å². The Kier molecular flexibility index (Phi) is 7.83. The normalized spacial score (nSPS) is 12.3. The number of benzene rings is 2. The molecule has 0 saturated carbocycles. The molecule has 0 aliphatic rings. The van der Waals surface area contributed by atoms with Crippen LogP contribution in [0.3, 0.4) is 0 Å². The number of nitrogens with one attached hydrogen (secondary N) is 3. The van der Waals surface area contributed by atoms with Gasteiger partial charge in [0, 0.05) is 25.5 Å². The van der Waals surface area contributed by atoms with Gasteiger partial charge in [0.25, 0.3) is 0 Å². The number of halogens is 1. The van der Waals surface area contributed by atoms with Crippen LogP contribution in [0.4, 0.5) is 11.4 Å². The molecule has 0 aliphatic carbocycles. The molecule has 0 bridgehead atoms. The number of hydrogen-bond donors (Lipinski definition) is 4. The van der Waals surface area contributed by atoms with E-state index in [4.69, 9.17) is 11.6 Å². The SMILES string of the molecule is CC(=O)Nc1cc(Cl)c(NC(=O)CCC(C)NS(=O)(=O)c2ccc(C)cc2)cc1O. The third-order valence-electron chi connectivity index (χ3n) is 4.16. The van der Waals surface area contributed by atoms with Crippen LogP contribution in [0.5, 0.6) is 5.75 Å². The molecule has 0 saturated heterocycles. The van der Waals surface area contributed by atoms with Gasteiger partial charge in [0.15, 0.2) is 0 Å². The topological polar surface area (TPSA) is 125 Å². The standard InChI is InChI=1S/C20H24ClN3O5S/c1-12-4-7-15(8-5-12)30(28,29)24-13(2)6-9-20(27)23-17-11-19(26)18(10-16(17)21)22-14(3)25/h4-5,7-8,10-11,13,24,26H,6,9H2,1-3H3,(H,22,25)(H,23,27). The average Bonchev–Trinajstić information content (AvgIpc) is 2.63. The van der Waals surface area contributed by atoms with Gasteiger partial charge < -0.3 is 15.7 Å². The number of rotatable bonds is 8. The average molecular weight is 454 g/mol. The molecule has 8 nitrogen and oxygen atoms in total. The number of amides is 2. The number of carbonyl (C=O) groups is 2. The highest BCUT2D eigenvalue weighted by molar-refractivity contribution is 7.89. The lowest BCUT2D eigenvalue weighted by molar-refractivity contribution is -0.116. The lowest BCUT2D eigenvalue weighted by atomic mass is 10.2. The Morgan fingerprint density at radius 1 is 1.10 bits per heavy atom. The number of aromatic hydroxyl groups is 1. The van der Waals surface area contributed by atoms with Crippen LogP contribution in [-0.2, 0) is 19.6 Å². The molecular formula is C20H24ClN3O5S. The zero-order chi connectivity index (χ0) is 22.5. The molecule has 162 valence electrons. The van der Waals surface area contributed by atoms with Crippen LogP contribution >= 0.6 is 11.6 Å². The molecule has 0 radical (unpaired) electrons. The molecular weight excluding hydrogens is 430 g/mol. The zero-order valence-electron chi connectivity index (χ0n) is 16.8. The van der Waals surface area contributed by atoms with E-state index < -0.39 is 22.0 Å². The van der Waals surface area contributed by atoms with Crippen LogP contribution in [0.25, 0.3) is 0 Å². The van der Waals surface area contributed by atoms with Crippen LogP contribution in [0.15, 0.2) is 41.3 Å². The fraction of sp³-hybridized carbons (Fsp3) is 0.300. The highest BCUT2D eigenvalue weighted by Crippen LogP contribution is 2.34. The summed E-state index contributed by atoms with van der Waals surface area (Å²) < 4.78 is 27.3. The number of phenols is 1. The minimum atomic E-state index is -3.68. The largest absolute Gasteiger partial charge is 0.506 e. The summed E-state index contributed by atoms with van der Waals surface area (Å²) in [6, 6.07) is 8.55. The van der Waals surface area contributed by atoms with Crippen molar-refractivity contribution in [3.8, 4) is 5.75 Å². The predicted molar refractivity (Wildman–Crippen MR) is 116 cm³/mol. The molecule has 0 heterocycles. The van der Waals surface area contributed by atoms with Crippen LogP contribution in [-0.4, -0.2) is 31.4 Å². The minimum Gasteiger partial charge on any atom is -0.506 e. The second-order valence-corrected chi connectivity index (χ2v) is 9.07. The van der Waals surface area contributed by atoms with Crippen molar-refractivity contribution in [1.82, 2.24) is 4.72 Å². The van der Waals surface area contributed by atoms with E-state index >= 15 is 0 Å². The molecule has 0 spiro atoms. The number of anilines is 2. The van der Waals surface area contributed by atoms with Crippen molar-refractivity contribution in [3.63, 3.8) is 0 Å². The molecule has 2 aromatic rings. The summed E-state index contributed by atoms with van der Waals surface area (Å²) in [4.78, 5) is 23.5. The molecule has 2 rings (SSSR count). The highest BCUT2D eigenvalue weighted by Gasteiger charge is 2.18. The van der Waals surface area contributed by atoms with Gasteiger partial charge >= 0.3 is 0 Å². The van der Waals surface area contributed by atoms with E-state index in [2.05, 4.69) is 15.4 Å². The van der Waals surface area contributed by atoms with Gasteiger partial charge in [-0.25, -0.2) is 13.1 Å². The monoisotopic (exact) mass is 453 g/mol. The third-order valence-corrected chi connectivity index (χ3v) is 6.08. The smallest absolute Gasteiger partial charge is 0.240 e. The number of phenolic OH excluding ortho intramolecular Hbond substituents is 1. The van der Waals surface area contributed by atoms with E-state index in [1.54, 1.807) is 19.1 Å². The maximum atomic E-state index is 12.4. The number of carbonyl (C=O) groups excluding carboxylic acids is 2. The van der Waals surface area contributed by atoms with Gasteiger partial charge in [-0.05, 0) is 38.5 Å². The molecule has 0 aromatic heterocycles. The first-order valence-corrected chi connectivity index (χ1v) is 11.0. The van der Waals surface area contributed by atoms with Crippen LogP contribution in [0.1, 0.15) is 32.3 Å². The molecule has 0 aliphatic heterocycles. The molecule has 4 N–H and O–H groups in total. The maximum Gasteiger partial charge on any atom is 0.240 e. The van der Waals surface area contributed by atoms with Gasteiger partial charge in [0.2, 0.25) is 21.8 Å². The first kappa shape index (κ1) is 23.7. The summed E-state index contributed by atoms with van der Waals surface area (Å²) in [6.07, 6.45) is 0.284. The lowest BCUT2D eigenvalue weighted by Crippen LogP contribution is -2.33. The summed E-state index contributed by atoms with van der Waals surface area (Å²) in [5.74, 6) is -1.02. The van der Waals surface area contributed by atoms with Crippen LogP contribution in [0.2, 0.25) is 5.02 Å². The van der Waals surface area contributed by atoms with Gasteiger partial charge in [-0.1, -0.05) is 29.3 Å². The van der Waals surface area contributed by atoms with Gasteiger partial charge in [0.05, 0.1) is 21.3 Å². The minimum absolute atomic E-state index is 0.0299. The van der Waals surface area contributed by atoms with Crippen molar-refractivity contribution < 1.29 is 23.1 Å². The Hall–Kier alpha value is -2.62. The number of sulfonamides is 1. The Balaban J connectivity index is 1.93. The van der Waals surface area contributed by atoms with Crippen molar-refractivity contribution in [3.05, 3.63) is 47.0 Å². The molecule has 30 heavy (non-hydrogen) atoms. The van der Waals surface area contributed by atoms with Gasteiger partial charge in [0.1, 0.15) is 5.75 Å². The summed E-state index contributed by atoms with van der Waals surface area (Å²) >= 11 is 6.09. The molecule has 2 aromatic carbocycles. The van der Waals surface area contributed by atoms with E-state index in [0.29, 0.717) is 0 Å². The Bertz CT molecular complexity index is 1040. The first-order chi connectivity index (χ1) is 14.0. The fourth-order valence-electron chi connectivity index (χ4n) is 2.62. The van der Waals surface area contributed by atoms with Crippen molar-refractivity contribution in [2.75, 3.05) is 10.6 Å². The third kappa shape index (κ3) is 6.72. The lowest BCUT2D eigenvalue weighted by Gasteiger charge is -2.15. The molecule has 0 fully saturated rings. The molecule has 10 heteroatoms. The fourth-order valence-corrected chi connectivity index (χ4v) is 4.11. The van der Waals surface area contributed by atoms with Crippen LogP contribution in [0, 0.1) is 6.92 Å². The van der Waals surface area contributed by atoms with Gasteiger partial charge in [-0.2, -0.15) is 0 Å². The summed E-state index contributed by atoms with van der Waals surface area (Å²) in [6.45, 7) is 4.82. The Labute approximate surface area is 180 Å². The van der Waals surface area contributed by atoms with E-state index in [1.165, 1.54) is 31.2 Å². The quantitative estimate of drug-likeness (QED) is 0.456. The van der Waals surface area contributed by atoms with Crippen molar-refractivity contribution in [2.24, 2.45) is 0 Å². The van der Waals surface area contributed by atoms with E-state index in [-0.39, 0.29) is 45.8 Å². The van der Waals surface area contributed by atoms with E-state index in [1.807, 2.05) is 6.92 Å².